The van der Waals surface area contributed by atoms with Gasteiger partial charge < -0.3 is 0 Å². The van der Waals surface area contributed by atoms with Crippen LogP contribution in [0, 0.1) is 12.1 Å². The molecule has 3 aromatic rings. The highest BCUT2D eigenvalue weighted by atomic mass is 14.2. The fourth-order valence-corrected chi connectivity index (χ4v) is 2.58. The van der Waals surface area contributed by atoms with Crippen molar-refractivity contribution < 1.29 is 0 Å². The zero-order chi connectivity index (χ0) is 10.5. The molecule has 0 aliphatic heterocycles. The van der Waals surface area contributed by atoms with Gasteiger partial charge in [-0.3, -0.25) is 0 Å². The molecule has 0 heterocycles. The molecule has 16 heavy (non-hydrogen) atoms. The molecule has 0 bridgehead atoms. The monoisotopic (exact) mass is 200 g/mol. The van der Waals surface area contributed by atoms with Crippen LogP contribution in [0.25, 0.3) is 33.0 Å². The van der Waals surface area contributed by atoms with E-state index in [1.54, 1.807) is 0 Å². The molecule has 0 nitrogen and oxygen atoms in total. The first kappa shape index (κ1) is 8.12. The summed E-state index contributed by atoms with van der Waals surface area (Å²) in [5.74, 6) is 0. The minimum absolute atomic E-state index is 1.19. The average Bonchev–Trinajstić information content (AvgIpc) is 2.68. The lowest BCUT2D eigenvalue weighted by Gasteiger charge is -1.99. The highest BCUT2D eigenvalue weighted by molar-refractivity contribution is 6.14. The van der Waals surface area contributed by atoms with Crippen LogP contribution in [-0.4, -0.2) is 0 Å². The number of fused-ring (bicyclic) bond motifs is 3. The topological polar surface area (TPSA) is 0 Å². The quantitative estimate of drug-likeness (QED) is 0.401. The Bertz CT molecular complexity index is 650. The third-order valence-electron chi connectivity index (χ3n) is 3.24. The van der Waals surface area contributed by atoms with Crippen LogP contribution < -0.4 is 0 Å². The smallest absolute Gasteiger partial charge is 0.00199 e. The van der Waals surface area contributed by atoms with Gasteiger partial charge >= 0.3 is 0 Å². The molecule has 0 unspecified atom stereocenters. The van der Waals surface area contributed by atoms with Crippen LogP contribution in [0.1, 0.15) is 0 Å². The number of benzene rings is 3. The Balaban J connectivity index is 2.31. The zero-order valence-electron chi connectivity index (χ0n) is 8.62. The van der Waals surface area contributed by atoms with Gasteiger partial charge in [0.1, 0.15) is 0 Å². The van der Waals surface area contributed by atoms with Crippen molar-refractivity contribution in [2.24, 2.45) is 0 Å². The minimum atomic E-state index is 1.19. The molecule has 2 radical (unpaired) electrons. The van der Waals surface area contributed by atoms with E-state index in [0.717, 1.165) is 0 Å². The predicted molar refractivity (Wildman–Crippen MR) is 66.1 cm³/mol. The van der Waals surface area contributed by atoms with E-state index in [4.69, 9.17) is 0 Å². The first-order chi connectivity index (χ1) is 7.95. The summed E-state index contributed by atoms with van der Waals surface area (Å²) >= 11 is 0. The fourth-order valence-electron chi connectivity index (χ4n) is 2.58. The van der Waals surface area contributed by atoms with Crippen LogP contribution in [0.2, 0.25) is 0 Å². The number of hydrogen-bond donors (Lipinski definition) is 0. The van der Waals surface area contributed by atoms with Crippen molar-refractivity contribution in [2.45, 2.75) is 0 Å². The van der Waals surface area contributed by atoms with E-state index < -0.39 is 0 Å². The molecule has 3 aromatic carbocycles. The summed E-state index contributed by atoms with van der Waals surface area (Å²) < 4.78 is 0. The number of rotatable bonds is 0. The third-order valence-corrected chi connectivity index (χ3v) is 3.24. The van der Waals surface area contributed by atoms with Crippen molar-refractivity contribution >= 4 is 10.8 Å². The molecular formula is C16H8. The summed E-state index contributed by atoms with van der Waals surface area (Å²) in [7, 11) is 0. The van der Waals surface area contributed by atoms with Crippen molar-refractivity contribution in [3.8, 4) is 22.3 Å². The standard InChI is InChI=1S/C16H8/c1-2-8-13-12(7-1)14-9-3-5-11-6-4-10-15(13)16(11)14/h1-5,8-10H. The zero-order valence-corrected chi connectivity index (χ0v) is 8.62. The molecule has 0 aromatic heterocycles. The summed E-state index contributed by atoms with van der Waals surface area (Å²) in [6.07, 6.45) is 0. The summed E-state index contributed by atoms with van der Waals surface area (Å²) in [6.45, 7) is 0. The Kier molecular flexibility index (Phi) is 1.39. The largest absolute Gasteiger partial charge is 0.0610 e. The highest BCUT2D eigenvalue weighted by Crippen LogP contribution is 2.46. The molecule has 0 amide bonds. The van der Waals surface area contributed by atoms with Crippen LogP contribution in [0.5, 0.6) is 0 Å². The highest BCUT2D eigenvalue weighted by Gasteiger charge is 2.19. The van der Waals surface area contributed by atoms with Crippen LogP contribution >= 0.6 is 0 Å². The molecule has 0 spiro atoms. The summed E-state index contributed by atoms with van der Waals surface area (Å²) in [6, 6.07) is 23.4. The van der Waals surface area contributed by atoms with Crippen molar-refractivity contribution in [2.75, 3.05) is 0 Å². The Morgan fingerprint density at radius 1 is 0.688 bits per heavy atom. The lowest BCUT2D eigenvalue weighted by molar-refractivity contribution is 1.68. The molecule has 0 saturated heterocycles. The first-order valence-corrected chi connectivity index (χ1v) is 5.40. The lowest BCUT2D eigenvalue weighted by Crippen LogP contribution is -1.74. The van der Waals surface area contributed by atoms with Gasteiger partial charge in [-0.2, -0.15) is 0 Å². The van der Waals surface area contributed by atoms with Gasteiger partial charge in [-0.1, -0.05) is 48.5 Å². The van der Waals surface area contributed by atoms with Gasteiger partial charge in [-0.15, -0.1) is 0 Å². The van der Waals surface area contributed by atoms with Crippen LogP contribution in [0.4, 0.5) is 0 Å². The molecule has 72 valence electrons. The van der Waals surface area contributed by atoms with Gasteiger partial charge in [0.15, 0.2) is 0 Å². The molecule has 0 saturated carbocycles. The van der Waals surface area contributed by atoms with E-state index in [1.807, 2.05) is 18.2 Å². The van der Waals surface area contributed by atoms with E-state index in [-0.39, 0.29) is 0 Å². The Morgan fingerprint density at radius 3 is 2.62 bits per heavy atom. The number of hydrogen-bond acceptors (Lipinski definition) is 0. The molecule has 0 atom stereocenters. The minimum Gasteiger partial charge on any atom is -0.0610 e. The Hall–Kier alpha value is -2.08. The second kappa shape index (κ2) is 2.73. The molecule has 4 rings (SSSR count). The Labute approximate surface area is 94.2 Å². The third kappa shape index (κ3) is 0.849. The second-order valence-corrected chi connectivity index (χ2v) is 4.08. The van der Waals surface area contributed by atoms with Crippen molar-refractivity contribution in [3.05, 3.63) is 60.7 Å². The van der Waals surface area contributed by atoms with Gasteiger partial charge in [0, 0.05) is 0 Å². The average molecular weight is 200 g/mol. The SMILES string of the molecule is [c]1cccc2c1-c1cccc3[c]ccc-2c13. The van der Waals surface area contributed by atoms with Gasteiger partial charge in [0.05, 0.1) is 0 Å². The van der Waals surface area contributed by atoms with Gasteiger partial charge in [0.25, 0.3) is 0 Å². The maximum Gasteiger partial charge on any atom is -0.00199 e. The molecular weight excluding hydrogens is 192 g/mol. The van der Waals surface area contributed by atoms with Crippen LogP contribution in [-0.2, 0) is 0 Å². The summed E-state index contributed by atoms with van der Waals surface area (Å²) in [4.78, 5) is 0. The maximum atomic E-state index is 3.34. The Morgan fingerprint density at radius 2 is 1.62 bits per heavy atom. The molecule has 0 N–H and O–H groups in total. The fraction of sp³-hybridized carbons (Fsp3) is 0. The van der Waals surface area contributed by atoms with Crippen molar-refractivity contribution in [1.82, 2.24) is 0 Å². The predicted octanol–water partition coefficient (Wildman–Crippen LogP) is 4.09. The van der Waals surface area contributed by atoms with Crippen molar-refractivity contribution in [3.63, 3.8) is 0 Å². The normalized spacial score (nSPS) is 11.8. The summed E-state index contributed by atoms with van der Waals surface area (Å²) in [5.41, 5.74) is 5.13. The van der Waals surface area contributed by atoms with E-state index in [2.05, 4.69) is 42.5 Å². The van der Waals surface area contributed by atoms with E-state index in [1.165, 1.54) is 33.0 Å². The lowest BCUT2D eigenvalue weighted by atomic mass is 10.0. The second-order valence-electron chi connectivity index (χ2n) is 4.08. The van der Waals surface area contributed by atoms with Gasteiger partial charge in [-0.25, -0.2) is 0 Å². The van der Waals surface area contributed by atoms with Crippen LogP contribution in [0.3, 0.4) is 0 Å². The van der Waals surface area contributed by atoms with Crippen LogP contribution in [0.15, 0.2) is 48.5 Å². The molecule has 1 aliphatic rings. The van der Waals surface area contributed by atoms with E-state index >= 15 is 0 Å². The molecule has 0 heteroatoms. The first-order valence-electron chi connectivity index (χ1n) is 5.40. The van der Waals surface area contributed by atoms with Crippen molar-refractivity contribution in [1.29, 1.82) is 0 Å². The summed E-state index contributed by atoms with van der Waals surface area (Å²) in [5, 5.41) is 2.52. The molecule has 1 aliphatic carbocycles. The van der Waals surface area contributed by atoms with Gasteiger partial charge in [0.2, 0.25) is 0 Å². The van der Waals surface area contributed by atoms with E-state index in [9.17, 15) is 0 Å². The maximum absolute atomic E-state index is 3.34. The van der Waals surface area contributed by atoms with Gasteiger partial charge in [-0.05, 0) is 45.2 Å². The van der Waals surface area contributed by atoms with E-state index in [0.29, 0.717) is 0 Å². The molecule has 0 fully saturated rings.